The third-order valence-electron chi connectivity index (χ3n) is 6.18. The van der Waals surface area contributed by atoms with E-state index in [2.05, 4.69) is 18.2 Å². The van der Waals surface area contributed by atoms with Crippen LogP contribution < -0.4 is 5.73 Å². The first kappa shape index (κ1) is 15.6. The van der Waals surface area contributed by atoms with Gasteiger partial charge in [-0.05, 0) is 24.0 Å². The highest BCUT2D eigenvalue weighted by Gasteiger charge is 2.46. The van der Waals surface area contributed by atoms with Crippen LogP contribution >= 0.6 is 0 Å². The zero-order valence-corrected chi connectivity index (χ0v) is 14.1. The number of piperidine rings is 1. The molecule has 0 radical (unpaired) electrons. The van der Waals surface area contributed by atoms with Gasteiger partial charge in [0.1, 0.15) is 0 Å². The molecule has 0 unspecified atom stereocenters. The lowest BCUT2D eigenvalue weighted by Crippen LogP contribution is -2.43. The van der Waals surface area contributed by atoms with Crippen LogP contribution in [0.3, 0.4) is 0 Å². The first-order valence-electron chi connectivity index (χ1n) is 8.95. The van der Waals surface area contributed by atoms with E-state index in [1.807, 2.05) is 15.9 Å². The van der Waals surface area contributed by atoms with Gasteiger partial charge in [-0.3, -0.25) is 9.59 Å². The molecule has 24 heavy (non-hydrogen) atoms. The van der Waals surface area contributed by atoms with E-state index < -0.39 is 0 Å². The lowest BCUT2D eigenvalue weighted by molar-refractivity contribution is -0.139. The first-order valence-corrected chi connectivity index (χ1v) is 8.95. The highest BCUT2D eigenvalue weighted by Crippen LogP contribution is 2.48. The van der Waals surface area contributed by atoms with E-state index in [1.165, 1.54) is 11.1 Å². The minimum atomic E-state index is 0.0450. The largest absolute Gasteiger partial charge is 0.343 e. The predicted molar refractivity (Wildman–Crippen MR) is 91.2 cm³/mol. The van der Waals surface area contributed by atoms with Crippen molar-refractivity contribution in [2.45, 2.75) is 31.7 Å². The molecule has 0 spiro atoms. The molecule has 0 bridgehead atoms. The number of hydrogen-bond acceptors (Lipinski definition) is 3. The summed E-state index contributed by atoms with van der Waals surface area (Å²) in [5.74, 6) is 1.17. The van der Waals surface area contributed by atoms with Crippen LogP contribution in [0.1, 0.15) is 42.9 Å². The Morgan fingerprint density at radius 1 is 1.04 bits per heavy atom. The van der Waals surface area contributed by atoms with Gasteiger partial charge in [0.25, 0.3) is 0 Å². The van der Waals surface area contributed by atoms with E-state index in [1.54, 1.807) is 6.92 Å². The smallest absolute Gasteiger partial charge is 0.225 e. The number of carbonyl (C=O) groups excluding carboxylic acids is 2. The van der Waals surface area contributed by atoms with Crippen molar-refractivity contribution in [1.82, 2.24) is 9.80 Å². The quantitative estimate of drug-likeness (QED) is 0.850. The van der Waals surface area contributed by atoms with Gasteiger partial charge in [-0.15, -0.1) is 0 Å². The Morgan fingerprint density at radius 2 is 1.71 bits per heavy atom. The molecular weight excluding hydrogens is 302 g/mol. The third kappa shape index (κ3) is 2.42. The number of likely N-dealkylation sites (tertiary alicyclic amines) is 2. The molecule has 2 fully saturated rings. The fourth-order valence-electron chi connectivity index (χ4n) is 4.78. The van der Waals surface area contributed by atoms with Crippen molar-refractivity contribution < 1.29 is 9.59 Å². The highest BCUT2D eigenvalue weighted by atomic mass is 16.2. The standard InChI is InChI=1S/C19H25N3O2/c1-12(23)21-8-6-13(7-9-21)19(24)22-10-16-14-4-2-3-5-15(14)18(20)17(16)11-22/h2-5,13,16-18H,6-11,20H2,1H3/t16-,17-,18+/m0/s1. The van der Waals surface area contributed by atoms with Gasteiger partial charge in [0.2, 0.25) is 11.8 Å². The molecule has 5 nitrogen and oxygen atoms in total. The van der Waals surface area contributed by atoms with Crippen molar-refractivity contribution >= 4 is 11.8 Å². The lowest BCUT2D eigenvalue weighted by Gasteiger charge is -2.33. The van der Waals surface area contributed by atoms with Crippen molar-refractivity contribution in [3.8, 4) is 0 Å². The summed E-state index contributed by atoms with van der Waals surface area (Å²) in [5, 5.41) is 0. The number of amides is 2. The maximum Gasteiger partial charge on any atom is 0.225 e. The average Bonchev–Trinajstić information content (AvgIpc) is 3.15. The van der Waals surface area contributed by atoms with Crippen LogP contribution in [0.15, 0.2) is 24.3 Å². The molecule has 2 aliphatic heterocycles. The zero-order valence-electron chi connectivity index (χ0n) is 14.1. The number of fused-ring (bicyclic) bond motifs is 3. The minimum Gasteiger partial charge on any atom is -0.343 e. The van der Waals surface area contributed by atoms with Crippen LogP contribution in [0.4, 0.5) is 0 Å². The lowest BCUT2D eigenvalue weighted by atomic mass is 9.95. The van der Waals surface area contributed by atoms with Gasteiger partial charge < -0.3 is 15.5 Å². The normalized spacial score (nSPS) is 29.5. The second-order valence-corrected chi connectivity index (χ2v) is 7.45. The second kappa shape index (κ2) is 5.88. The summed E-state index contributed by atoms with van der Waals surface area (Å²) in [5.41, 5.74) is 9.03. The fourth-order valence-corrected chi connectivity index (χ4v) is 4.78. The molecule has 4 rings (SSSR count). The Labute approximate surface area is 142 Å². The molecular formula is C19H25N3O2. The minimum absolute atomic E-state index is 0.0450. The Morgan fingerprint density at radius 3 is 2.38 bits per heavy atom. The summed E-state index contributed by atoms with van der Waals surface area (Å²) >= 11 is 0. The number of nitrogens with two attached hydrogens (primary N) is 1. The van der Waals surface area contributed by atoms with E-state index in [-0.39, 0.29) is 23.8 Å². The van der Waals surface area contributed by atoms with Gasteiger partial charge >= 0.3 is 0 Å². The molecule has 2 amide bonds. The third-order valence-corrected chi connectivity index (χ3v) is 6.18. The average molecular weight is 327 g/mol. The summed E-state index contributed by atoms with van der Waals surface area (Å²) in [6.45, 7) is 4.57. The Hall–Kier alpha value is -1.88. The van der Waals surface area contributed by atoms with Crippen LogP contribution in [-0.4, -0.2) is 47.8 Å². The van der Waals surface area contributed by atoms with E-state index in [0.717, 1.165) is 25.9 Å². The van der Waals surface area contributed by atoms with Gasteiger partial charge in [0.05, 0.1) is 0 Å². The Balaban J connectivity index is 1.43. The number of nitrogens with zero attached hydrogens (tertiary/aromatic N) is 2. The molecule has 3 atom stereocenters. The molecule has 1 aliphatic carbocycles. The maximum absolute atomic E-state index is 12.9. The summed E-state index contributed by atoms with van der Waals surface area (Å²) in [6, 6.07) is 8.45. The Kier molecular flexibility index (Phi) is 3.83. The summed E-state index contributed by atoms with van der Waals surface area (Å²) in [7, 11) is 0. The molecule has 128 valence electrons. The van der Waals surface area contributed by atoms with Crippen molar-refractivity contribution in [2.75, 3.05) is 26.2 Å². The monoisotopic (exact) mass is 327 g/mol. The van der Waals surface area contributed by atoms with E-state index in [4.69, 9.17) is 5.73 Å². The zero-order chi connectivity index (χ0) is 16.8. The van der Waals surface area contributed by atoms with Crippen LogP contribution in [0.5, 0.6) is 0 Å². The predicted octanol–water partition coefficient (Wildman–Crippen LogP) is 1.50. The molecule has 3 aliphatic rings. The molecule has 2 N–H and O–H groups in total. The molecule has 2 heterocycles. The van der Waals surface area contributed by atoms with Crippen molar-refractivity contribution in [1.29, 1.82) is 0 Å². The van der Waals surface area contributed by atoms with Gasteiger partial charge in [-0.2, -0.15) is 0 Å². The summed E-state index contributed by atoms with van der Waals surface area (Å²) < 4.78 is 0. The molecule has 0 saturated carbocycles. The molecule has 0 aromatic heterocycles. The van der Waals surface area contributed by atoms with Crippen LogP contribution in [0.2, 0.25) is 0 Å². The number of carbonyl (C=O) groups is 2. The second-order valence-electron chi connectivity index (χ2n) is 7.45. The highest BCUT2D eigenvalue weighted by molar-refractivity contribution is 5.80. The number of benzene rings is 1. The topological polar surface area (TPSA) is 66.6 Å². The SMILES string of the molecule is CC(=O)N1CCC(C(=O)N2C[C@@H]3[C@H](N)c4ccccc4[C@@H]3C2)CC1. The maximum atomic E-state index is 12.9. The summed E-state index contributed by atoms with van der Waals surface area (Å²) in [4.78, 5) is 28.2. The van der Waals surface area contributed by atoms with Crippen molar-refractivity contribution in [3.05, 3.63) is 35.4 Å². The van der Waals surface area contributed by atoms with Crippen molar-refractivity contribution in [3.63, 3.8) is 0 Å². The number of hydrogen-bond donors (Lipinski definition) is 1. The van der Waals surface area contributed by atoms with Gasteiger partial charge in [-0.25, -0.2) is 0 Å². The molecule has 5 heteroatoms. The summed E-state index contributed by atoms with van der Waals surface area (Å²) in [6.07, 6.45) is 1.57. The number of rotatable bonds is 1. The van der Waals surface area contributed by atoms with Gasteiger partial charge in [-0.1, -0.05) is 24.3 Å². The molecule has 2 saturated heterocycles. The Bertz CT molecular complexity index is 666. The van der Waals surface area contributed by atoms with E-state index >= 15 is 0 Å². The van der Waals surface area contributed by atoms with E-state index in [0.29, 0.717) is 24.9 Å². The van der Waals surface area contributed by atoms with E-state index in [9.17, 15) is 9.59 Å². The van der Waals surface area contributed by atoms with Crippen LogP contribution in [0.25, 0.3) is 0 Å². The first-order chi connectivity index (χ1) is 11.6. The molecule has 1 aromatic rings. The van der Waals surface area contributed by atoms with Crippen LogP contribution in [-0.2, 0) is 9.59 Å². The fraction of sp³-hybridized carbons (Fsp3) is 0.579. The van der Waals surface area contributed by atoms with Crippen LogP contribution in [0, 0.1) is 11.8 Å². The van der Waals surface area contributed by atoms with Gasteiger partial charge in [0.15, 0.2) is 0 Å². The van der Waals surface area contributed by atoms with Gasteiger partial charge in [0, 0.05) is 56.9 Å². The van der Waals surface area contributed by atoms with Crippen molar-refractivity contribution in [2.24, 2.45) is 17.6 Å². The molecule has 1 aromatic carbocycles.